The summed E-state index contributed by atoms with van der Waals surface area (Å²) in [5.74, 6) is -0.481. The van der Waals surface area contributed by atoms with Crippen LogP contribution in [0.2, 0.25) is 5.15 Å². The minimum absolute atomic E-state index is 0.0600. The Kier molecular flexibility index (Phi) is 3.71. The Morgan fingerprint density at radius 2 is 2.05 bits per heavy atom. The van der Waals surface area contributed by atoms with E-state index in [1.807, 2.05) is 13.8 Å². The summed E-state index contributed by atoms with van der Waals surface area (Å²) in [5, 5.41) is 12.7. The molecule has 0 atom stereocenters. The molecule has 98 valence electrons. The van der Waals surface area contributed by atoms with Gasteiger partial charge in [0.1, 0.15) is 5.75 Å². The molecule has 0 saturated carbocycles. The Labute approximate surface area is 116 Å². The quantitative estimate of drug-likeness (QED) is 0.827. The van der Waals surface area contributed by atoms with E-state index in [2.05, 4.69) is 10.3 Å². The van der Waals surface area contributed by atoms with Gasteiger partial charge in [0.25, 0.3) is 5.91 Å². The molecule has 1 amide bonds. The van der Waals surface area contributed by atoms with E-state index in [4.69, 9.17) is 11.6 Å². The molecule has 1 aromatic carbocycles. The number of nitrogens with one attached hydrogen (secondary N) is 1. The summed E-state index contributed by atoms with van der Waals surface area (Å²) in [5.41, 5.74) is 2.34. The molecule has 0 aliphatic carbocycles. The van der Waals surface area contributed by atoms with Gasteiger partial charge in [0, 0.05) is 6.20 Å². The van der Waals surface area contributed by atoms with Crippen LogP contribution in [0, 0.1) is 13.8 Å². The Morgan fingerprint density at radius 1 is 1.32 bits per heavy atom. The van der Waals surface area contributed by atoms with E-state index in [9.17, 15) is 9.90 Å². The third-order valence-electron chi connectivity index (χ3n) is 2.75. The monoisotopic (exact) mass is 276 g/mol. The predicted octanol–water partition coefficient (Wildman–Crippen LogP) is 3.31. The lowest BCUT2D eigenvalue weighted by atomic mass is 10.1. The van der Waals surface area contributed by atoms with Crippen molar-refractivity contribution in [1.29, 1.82) is 0 Å². The summed E-state index contributed by atoms with van der Waals surface area (Å²) < 4.78 is 0. The van der Waals surface area contributed by atoms with Crippen LogP contribution in [0.25, 0.3) is 0 Å². The van der Waals surface area contributed by atoms with Crippen molar-refractivity contribution in [3.8, 4) is 5.75 Å². The van der Waals surface area contributed by atoms with E-state index >= 15 is 0 Å². The molecule has 0 aliphatic rings. The lowest BCUT2D eigenvalue weighted by molar-refractivity contribution is 0.102. The molecule has 0 saturated heterocycles. The normalized spacial score (nSPS) is 10.3. The first kappa shape index (κ1) is 13.4. The maximum atomic E-state index is 12.1. The van der Waals surface area contributed by atoms with Crippen molar-refractivity contribution in [1.82, 2.24) is 4.98 Å². The van der Waals surface area contributed by atoms with Crippen LogP contribution in [-0.2, 0) is 0 Å². The van der Waals surface area contributed by atoms with Gasteiger partial charge >= 0.3 is 0 Å². The second kappa shape index (κ2) is 5.28. The first-order valence-electron chi connectivity index (χ1n) is 5.71. The fourth-order valence-corrected chi connectivity index (χ4v) is 1.94. The summed E-state index contributed by atoms with van der Waals surface area (Å²) in [4.78, 5) is 16.0. The second-order valence-electron chi connectivity index (χ2n) is 4.27. The molecule has 0 bridgehead atoms. The van der Waals surface area contributed by atoms with Crippen molar-refractivity contribution < 1.29 is 9.90 Å². The summed E-state index contributed by atoms with van der Waals surface area (Å²) in [7, 11) is 0. The molecule has 2 aromatic rings. The number of amides is 1. The van der Waals surface area contributed by atoms with Crippen LogP contribution in [0.1, 0.15) is 21.5 Å². The topological polar surface area (TPSA) is 62.2 Å². The molecule has 0 spiro atoms. The van der Waals surface area contributed by atoms with Crippen molar-refractivity contribution in [3.63, 3.8) is 0 Å². The smallest absolute Gasteiger partial charge is 0.259 e. The zero-order chi connectivity index (χ0) is 14.0. The molecule has 2 rings (SSSR count). The molecule has 0 aliphatic heterocycles. The Hall–Kier alpha value is -2.07. The number of hydrogen-bond donors (Lipinski definition) is 2. The van der Waals surface area contributed by atoms with E-state index < -0.39 is 5.91 Å². The number of pyridine rings is 1. The first-order chi connectivity index (χ1) is 8.99. The van der Waals surface area contributed by atoms with Crippen molar-refractivity contribution in [2.24, 2.45) is 0 Å². The van der Waals surface area contributed by atoms with Gasteiger partial charge in [0.2, 0.25) is 0 Å². The standard InChI is InChI=1S/C14H13ClN2O2/c1-8-3-4-10(11(18)7-8)14(19)17-12-9(2)5-6-16-13(12)15/h3-7,18H,1-2H3,(H,17,19). The van der Waals surface area contributed by atoms with Gasteiger partial charge in [-0.3, -0.25) is 4.79 Å². The number of aromatic hydroxyl groups is 1. The SMILES string of the molecule is Cc1ccc(C(=O)Nc2c(C)ccnc2Cl)c(O)c1. The van der Waals surface area contributed by atoms with Crippen molar-refractivity contribution in [2.75, 3.05) is 5.32 Å². The highest BCUT2D eigenvalue weighted by molar-refractivity contribution is 6.32. The number of carbonyl (C=O) groups is 1. The zero-order valence-electron chi connectivity index (χ0n) is 10.6. The van der Waals surface area contributed by atoms with Crippen LogP contribution in [-0.4, -0.2) is 16.0 Å². The van der Waals surface area contributed by atoms with Gasteiger partial charge in [-0.2, -0.15) is 0 Å². The number of aromatic nitrogens is 1. The minimum atomic E-state index is -0.421. The summed E-state index contributed by atoms with van der Waals surface area (Å²) in [6.07, 6.45) is 1.57. The molecular weight excluding hydrogens is 264 g/mol. The van der Waals surface area contributed by atoms with Crippen LogP contribution in [0.4, 0.5) is 5.69 Å². The third-order valence-corrected chi connectivity index (χ3v) is 3.04. The molecule has 5 heteroatoms. The van der Waals surface area contributed by atoms with Gasteiger partial charge in [-0.15, -0.1) is 0 Å². The van der Waals surface area contributed by atoms with Gasteiger partial charge in [0.05, 0.1) is 11.3 Å². The average molecular weight is 277 g/mol. The maximum Gasteiger partial charge on any atom is 0.259 e. The van der Waals surface area contributed by atoms with Gasteiger partial charge < -0.3 is 10.4 Å². The van der Waals surface area contributed by atoms with Crippen molar-refractivity contribution in [2.45, 2.75) is 13.8 Å². The Morgan fingerprint density at radius 3 is 2.68 bits per heavy atom. The largest absolute Gasteiger partial charge is 0.507 e. The van der Waals surface area contributed by atoms with Crippen LogP contribution in [0.15, 0.2) is 30.5 Å². The van der Waals surface area contributed by atoms with Gasteiger partial charge in [0.15, 0.2) is 5.15 Å². The first-order valence-corrected chi connectivity index (χ1v) is 6.09. The molecule has 0 unspecified atom stereocenters. The third kappa shape index (κ3) is 2.85. The molecule has 4 nitrogen and oxygen atoms in total. The minimum Gasteiger partial charge on any atom is -0.507 e. The summed E-state index contributed by atoms with van der Waals surface area (Å²) in [6.45, 7) is 3.65. The van der Waals surface area contributed by atoms with Gasteiger partial charge in [-0.25, -0.2) is 4.98 Å². The number of halogens is 1. The molecule has 1 aromatic heterocycles. The van der Waals surface area contributed by atoms with E-state index in [0.717, 1.165) is 11.1 Å². The van der Waals surface area contributed by atoms with Gasteiger partial charge in [-0.1, -0.05) is 17.7 Å². The number of hydrogen-bond acceptors (Lipinski definition) is 3. The molecule has 1 heterocycles. The van der Waals surface area contributed by atoms with Crippen molar-refractivity contribution >= 4 is 23.2 Å². The van der Waals surface area contributed by atoms with E-state index in [1.165, 1.54) is 6.07 Å². The fraction of sp³-hybridized carbons (Fsp3) is 0.143. The molecular formula is C14H13ClN2O2. The molecule has 0 radical (unpaired) electrons. The molecule has 19 heavy (non-hydrogen) atoms. The second-order valence-corrected chi connectivity index (χ2v) is 4.63. The number of nitrogens with zero attached hydrogens (tertiary/aromatic N) is 1. The zero-order valence-corrected chi connectivity index (χ0v) is 11.3. The number of benzene rings is 1. The highest BCUT2D eigenvalue weighted by Crippen LogP contribution is 2.25. The van der Waals surface area contributed by atoms with E-state index in [1.54, 1.807) is 24.4 Å². The Balaban J connectivity index is 2.31. The lowest BCUT2D eigenvalue weighted by Crippen LogP contribution is -2.13. The number of anilines is 1. The lowest BCUT2D eigenvalue weighted by Gasteiger charge is -2.10. The number of phenols is 1. The predicted molar refractivity (Wildman–Crippen MR) is 74.8 cm³/mol. The summed E-state index contributed by atoms with van der Waals surface area (Å²) >= 11 is 5.94. The van der Waals surface area contributed by atoms with Crippen LogP contribution >= 0.6 is 11.6 Å². The van der Waals surface area contributed by atoms with E-state index in [0.29, 0.717) is 5.69 Å². The number of carbonyl (C=O) groups excluding carboxylic acids is 1. The van der Waals surface area contributed by atoms with E-state index in [-0.39, 0.29) is 16.5 Å². The fourth-order valence-electron chi connectivity index (χ4n) is 1.69. The number of phenolic OH excluding ortho intramolecular Hbond substituents is 1. The van der Waals surface area contributed by atoms with Crippen LogP contribution in [0.5, 0.6) is 5.75 Å². The average Bonchev–Trinajstić information content (AvgIpc) is 2.33. The molecule has 2 N–H and O–H groups in total. The Bertz CT molecular complexity index is 621. The summed E-state index contributed by atoms with van der Waals surface area (Å²) in [6, 6.07) is 6.61. The van der Waals surface area contributed by atoms with Crippen molar-refractivity contribution in [3.05, 3.63) is 52.3 Å². The molecule has 0 fully saturated rings. The number of rotatable bonds is 2. The van der Waals surface area contributed by atoms with Gasteiger partial charge in [-0.05, 0) is 43.2 Å². The highest BCUT2D eigenvalue weighted by Gasteiger charge is 2.14. The number of aryl methyl sites for hydroxylation is 2. The maximum absolute atomic E-state index is 12.1. The van der Waals surface area contributed by atoms with Crippen LogP contribution < -0.4 is 5.32 Å². The van der Waals surface area contributed by atoms with Crippen LogP contribution in [0.3, 0.4) is 0 Å². The highest BCUT2D eigenvalue weighted by atomic mass is 35.5.